The number of aromatic nitrogens is 3. The minimum atomic E-state index is -0.294. The van der Waals surface area contributed by atoms with Crippen molar-refractivity contribution in [2.45, 2.75) is 12.8 Å². The van der Waals surface area contributed by atoms with Gasteiger partial charge in [-0.15, -0.1) is 5.10 Å². The Balaban J connectivity index is 1.56. The van der Waals surface area contributed by atoms with Gasteiger partial charge in [0.05, 0.1) is 38.1 Å². The van der Waals surface area contributed by atoms with Crippen molar-refractivity contribution in [3.8, 4) is 11.8 Å². The third kappa shape index (κ3) is 3.48. The lowest BCUT2D eigenvalue weighted by atomic mass is 10.1. The topological polar surface area (TPSA) is 76.2 Å². The van der Waals surface area contributed by atoms with Gasteiger partial charge in [-0.3, -0.25) is 0 Å². The summed E-state index contributed by atoms with van der Waals surface area (Å²) >= 11 is 0. The lowest BCUT2D eigenvalue weighted by Crippen LogP contribution is -2.23. The molecule has 2 heterocycles. The molecular formula is C20H19N5O2. The highest BCUT2D eigenvalue weighted by molar-refractivity contribution is 5.52. The number of rotatable bonds is 5. The van der Waals surface area contributed by atoms with Crippen LogP contribution in [0.15, 0.2) is 54.7 Å². The molecule has 27 heavy (non-hydrogen) atoms. The summed E-state index contributed by atoms with van der Waals surface area (Å²) in [4.78, 5) is 2.14. The van der Waals surface area contributed by atoms with Gasteiger partial charge < -0.3 is 14.4 Å². The fourth-order valence-electron chi connectivity index (χ4n) is 3.21. The van der Waals surface area contributed by atoms with E-state index in [9.17, 15) is 5.26 Å². The van der Waals surface area contributed by atoms with Crippen molar-refractivity contribution >= 4 is 5.69 Å². The van der Waals surface area contributed by atoms with Crippen LogP contribution in [0, 0.1) is 11.3 Å². The minimum absolute atomic E-state index is 0.294. The average Bonchev–Trinajstić information content (AvgIpc) is 3.37. The highest BCUT2D eigenvalue weighted by atomic mass is 16.5. The number of methoxy groups -OCH3 is 1. The van der Waals surface area contributed by atoms with Crippen molar-refractivity contribution in [3.05, 3.63) is 71.5 Å². The summed E-state index contributed by atoms with van der Waals surface area (Å²) in [5.41, 5.74) is 3.31. The first-order chi connectivity index (χ1) is 13.3. The molecule has 1 atom stereocenters. The first-order valence-electron chi connectivity index (χ1n) is 8.69. The van der Waals surface area contributed by atoms with E-state index < -0.39 is 0 Å². The van der Waals surface area contributed by atoms with Crippen LogP contribution in [0.2, 0.25) is 0 Å². The maximum absolute atomic E-state index is 9.25. The molecule has 136 valence electrons. The van der Waals surface area contributed by atoms with E-state index in [1.54, 1.807) is 17.9 Å². The lowest BCUT2D eigenvalue weighted by molar-refractivity contribution is 0.110. The number of benzene rings is 2. The van der Waals surface area contributed by atoms with Crippen molar-refractivity contribution in [1.82, 2.24) is 15.0 Å². The third-order valence-electron chi connectivity index (χ3n) is 4.56. The highest BCUT2D eigenvalue weighted by Gasteiger charge is 2.30. The number of ether oxygens (including phenoxy) is 2. The molecule has 3 aromatic rings. The normalized spacial score (nSPS) is 16.3. The molecule has 0 spiro atoms. The van der Waals surface area contributed by atoms with Crippen LogP contribution < -0.4 is 9.64 Å². The van der Waals surface area contributed by atoms with E-state index in [0.29, 0.717) is 18.7 Å². The van der Waals surface area contributed by atoms with Crippen LogP contribution in [0.5, 0.6) is 5.75 Å². The number of nitrogens with zero attached hydrogens (tertiary/aromatic N) is 5. The Kier molecular flexibility index (Phi) is 4.73. The molecule has 1 saturated heterocycles. The fourth-order valence-corrected chi connectivity index (χ4v) is 3.21. The summed E-state index contributed by atoms with van der Waals surface area (Å²) in [6.45, 7) is 1.87. The summed E-state index contributed by atoms with van der Waals surface area (Å²) in [6, 6.07) is 17.6. The maximum Gasteiger partial charge on any atom is 0.177 e. The molecule has 1 fully saturated rings. The summed E-state index contributed by atoms with van der Waals surface area (Å²) in [5, 5.41) is 17.8. The zero-order valence-electron chi connectivity index (χ0n) is 14.9. The fraction of sp³-hybridized carbons (Fsp3) is 0.250. The van der Waals surface area contributed by atoms with E-state index >= 15 is 0 Å². The van der Waals surface area contributed by atoms with E-state index in [2.05, 4.69) is 21.3 Å². The second kappa shape index (κ2) is 7.48. The first kappa shape index (κ1) is 17.1. The Morgan fingerprint density at radius 3 is 3.00 bits per heavy atom. The molecule has 1 aliphatic rings. The molecular weight excluding hydrogens is 342 g/mol. The zero-order chi connectivity index (χ0) is 18.6. The number of hydrogen-bond donors (Lipinski definition) is 0. The van der Waals surface area contributed by atoms with Crippen LogP contribution >= 0.6 is 0 Å². The van der Waals surface area contributed by atoms with Crippen LogP contribution in [-0.4, -0.2) is 35.3 Å². The van der Waals surface area contributed by atoms with Gasteiger partial charge in [0.15, 0.2) is 6.23 Å². The molecule has 0 amide bonds. The minimum Gasteiger partial charge on any atom is -0.497 e. The zero-order valence-corrected chi connectivity index (χ0v) is 14.9. The molecule has 7 nitrogen and oxygen atoms in total. The molecule has 1 unspecified atom stereocenters. The second-order valence-corrected chi connectivity index (χ2v) is 6.23. The Hall–Kier alpha value is -3.37. The summed E-state index contributed by atoms with van der Waals surface area (Å²) < 4.78 is 13.0. The number of anilines is 1. The van der Waals surface area contributed by atoms with Gasteiger partial charge in [-0.25, -0.2) is 4.68 Å². The molecule has 4 rings (SSSR count). The van der Waals surface area contributed by atoms with Crippen LogP contribution in [0.3, 0.4) is 0 Å². The van der Waals surface area contributed by atoms with Gasteiger partial charge in [-0.1, -0.05) is 29.5 Å². The molecule has 0 N–H and O–H groups in total. The molecule has 1 aliphatic heterocycles. The first-order valence-corrected chi connectivity index (χ1v) is 8.69. The van der Waals surface area contributed by atoms with Gasteiger partial charge in [0.25, 0.3) is 0 Å². The Morgan fingerprint density at radius 1 is 1.26 bits per heavy atom. The molecule has 2 aromatic carbocycles. The lowest BCUT2D eigenvalue weighted by Gasteiger charge is -2.23. The smallest absolute Gasteiger partial charge is 0.177 e. The highest BCUT2D eigenvalue weighted by Crippen LogP contribution is 2.32. The summed E-state index contributed by atoms with van der Waals surface area (Å²) in [5.74, 6) is 0.801. The molecule has 0 bridgehead atoms. The van der Waals surface area contributed by atoms with Crippen LogP contribution in [0.1, 0.15) is 23.0 Å². The predicted octanol–water partition coefficient (Wildman–Crippen LogP) is 2.74. The van der Waals surface area contributed by atoms with Gasteiger partial charge in [0.1, 0.15) is 11.4 Å². The second-order valence-electron chi connectivity index (χ2n) is 6.23. The van der Waals surface area contributed by atoms with Gasteiger partial charge in [-0.05, 0) is 23.8 Å². The van der Waals surface area contributed by atoms with Crippen molar-refractivity contribution in [2.24, 2.45) is 0 Å². The molecule has 1 aromatic heterocycles. The van der Waals surface area contributed by atoms with E-state index in [0.717, 1.165) is 29.2 Å². The molecule has 0 saturated carbocycles. The Bertz CT molecular complexity index is 978. The summed E-state index contributed by atoms with van der Waals surface area (Å²) in [6.07, 6.45) is 1.58. The Morgan fingerprint density at radius 2 is 2.15 bits per heavy atom. The van der Waals surface area contributed by atoms with Gasteiger partial charge in [0.2, 0.25) is 0 Å². The van der Waals surface area contributed by atoms with Crippen molar-refractivity contribution in [1.29, 1.82) is 5.26 Å². The average molecular weight is 361 g/mol. The maximum atomic E-state index is 9.25. The van der Waals surface area contributed by atoms with E-state index in [1.165, 1.54) is 0 Å². The molecule has 0 aliphatic carbocycles. The van der Waals surface area contributed by atoms with Crippen molar-refractivity contribution in [3.63, 3.8) is 0 Å². The van der Waals surface area contributed by atoms with Crippen LogP contribution in [0.4, 0.5) is 5.69 Å². The van der Waals surface area contributed by atoms with Crippen molar-refractivity contribution < 1.29 is 9.47 Å². The largest absolute Gasteiger partial charge is 0.497 e. The number of hydrogen-bond acceptors (Lipinski definition) is 6. The van der Waals surface area contributed by atoms with E-state index in [4.69, 9.17) is 9.47 Å². The SMILES string of the molecule is COc1cccc(N2CCOC2c2cn(Cc3ccccc3C#N)nn2)c1. The molecule has 7 heteroatoms. The Labute approximate surface area is 157 Å². The summed E-state index contributed by atoms with van der Waals surface area (Å²) in [7, 11) is 1.65. The van der Waals surface area contributed by atoms with Gasteiger partial charge in [-0.2, -0.15) is 5.26 Å². The van der Waals surface area contributed by atoms with E-state index in [-0.39, 0.29) is 6.23 Å². The van der Waals surface area contributed by atoms with Crippen molar-refractivity contribution in [2.75, 3.05) is 25.2 Å². The van der Waals surface area contributed by atoms with Crippen LogP contribution in [0.25, 0.3) is 0 Å². The number of nitriles is 1. The third-order valence-corrected chi connectivity index (χ3v) is 4.56. The van der Waals surface area contributed by atoms with Gasteiger partial charge >= 0.3 is 0 Å². The van der Waals surface area contributed by atoms with E-state index in [1.807, 2.05) is 48.7 Å². The van der Waals surface area contributed by atoms with Crippen LogP contribution in [-0.2, 0) is 11.3 Å². The standard InChI is InChI=1S/C20H19N5O2/c1-26-18-8-4-7-17(11-18)25-9-10-27-20(25)19-14-24(23-22-19)13-16-6-3-2-5-15(16)12-21/h2-8,11,14,20H,9-10,13H2,1H3. The van der Waals surface area contributed by atoms with Gasteiger partial charge in [0, 0.05) is 18.3 Å². The predicted molar refractivity (Wildman–Crippen MR) is 99.3 cm³/mol. The quantitative estimate of drug-likeness (QED) is 0.695. The molecule has 0 radical (unpaired) electrons. The monoisotopic (exact) mass is 361 g/mol.